The van der Waals surface area contributed by atoms with Crippen molar-refractivity contribution >= 4 is 50.3 Å². The van der Waals surface area contributed by atoms with Crippen molar-refractivity contribution in [2.45, 2.75) is 39.2 Å². The number of carbonyl (C=O) groups is 2. The van der Waals surface area contributed by atoms with E-state index in [0.29, 0.717) is 67.1 Å². The van der Waals surface area contributed by atoms with Crippen LogP contribution >= 0.6 is 0 Å². The molecule has 2 fully saturated rings. The topological polar surface area (TPSA) is 116 Å². The maximum absolute atomic E-state index is 16.5. The summed E-state index contributed by atoms with van der Waals surface area (Å²) < 4.78 is 31.1. The third-order valence-electron chi connectivity index (χ3n) is 10.8. The van der Waals surface area contributed by atoms with Gasteiger partial charge in [-0.25, -0.2) is 4.39 Å². The number of nitrogens with zero attached hydrogens (tertiary/aromatic N) is 5. The third kappa shape index (κ3) is 7.15. The lowest BCUT2D eigenvalue weighted by Gasteiger charge is -2.32. The molecule has 3 aliphatic rings. The van der Waals surface area contributed by atoms with Crippen LogP contribution in [0.15, 0.2) is 57.9 Å². The van der Waals surface area contributed by atoms with Crippen LogP contribution in [0.1, 0.15) is 43.5 Å². The number of rotatable bonds is 11. The monoisotopic (exact) mass is 739 g/mol. The molecule has 12 nitrogen and oxygen atoms in total. The van der Waals surface area contributed by atoms with E-state index in [2.05, 4.69) is 32.4 Å². The molecule has 0 unspecified atom stereocenters. The number of piperazine rings is 1. The molecule has 2 saturated heterocycles. The van der Waals surface area contributed by atoms with E-state index in [4.69, 9.17) is 9.15 Å². The van der Waals surface area contributed by atoms with Gasteiger partial charge in [-0.3, -0.25) is 14.4 Å². The Hall–Kier alpha value is -4.98. The molecule has 0 aliphatic carbocycles. The van der Waals surface area contributed by atoms with Crippen LogP contribution in [0.5, 0.6) is 11.5 Å². The van der Waals surface area contributed by atoms with E-state index in [1.807, 2.05) is 55.4 Å². The highest BCUT2D eigenvalue weighted by atomic mass is 19.1. The number of fused-ring (bicyclic) bond motifs is 5. The number of carbonyl (C=O) groups excluding carboxylic acids is 2. The summed E-state index contributed by atoms with van der Waals surface area (Å²) in [7, 11) is 6.10. The SMILES string of the molecule is C.CN(C)CCCCNC(=O)c1cn2c3c(c(N4CC[C@@H](NC(=O)CCN5CCN(C)CC5)C4)c(F)cc3c1=O)Oc1cc3c(cc1-2)oc1ccccc13. The van der Waals surface area contributed by atoms with Gasteiger partial charge >= 0.3 is 0 Å². The van der Waals surface area contributed by atoms with Crippen LogP contribution in [-0.2, 0) is 4.79 Å². The molecule has 2 N–H and O–H groups in total. The summed E-state index contributed by atoms with van der Waals surface area (Å²) in [6.07, 6.45) is 4.22. The Labute approximate surface area is 314 Å². The van der Waals surface area contributed by atoms with Gasteiger partial charge in [-0.1, -0.05) is 25.6 Å². The predicted octanol–water partition coefficient (Wildman–Crippen LogP) is 5.18. The van der Waals surface area contributed by atoms with Crippen molar-refractivity contribution in [3.05, 3.63) is 70.3 Å². The first-order chi connectivity index (χ1) is 25.6. The Balaban J connectivity index is 0.00000450. The quantitative estimate of drug-likeness (QED) is 0.174. The maximum atomic E-state index is 16.5. The molecule has 286 valence electrons. The molecule has 13 heteroatoms. The lowest BCUT2D eigenvalue weighted by molar-refractivity contribution is -0.122. The summed E-state index contributed by atoms with van der Waals surface area (Å²) >= 11 is 0. The number of hydrogen-bond acceptors (Lipinski definition) is 9. The Morgan fingerprint density at radius 1 is 0.981 bits per heavy atom. The zero-order valence-electron chi connectivity index (χ0n) is 30.5. The highest BCUT2D eigenvalue weighted by Crippen LogP contribution is 2.49. The number of pyridine rings is 1. The Kier molecular flexibility index (Phi) is 10.7. The predicted molar refractivity (Wildman–Crippen MR) is 211 cm³/mol. The van der Waals surface area contributed by atoms with Crippen LogP contribution in [0.4, 0.5) is 10.1 Å². The summed E-state index contributed by atoms with van der Waals surface area (Å²) in [6, 6.07) is 12.5. The molecule has 54 heavy (non-hydrogen) atoms. The van der Waals surface area contributed by atoms with Crippen molar-refractivity contribution < 1.29 is 23.1 Å². The molecular weight excluding hydrogens is 689 g/mol. The number of unbranched alkanes of at least 4 members (excludes halogenated alkanes) is 1. The number of furan rings is 1. The van der Waals surface area contributed by atoms with Gasteiger partial charge < -0.3 is 44.0 Å². The van der Waals surface area contributed by atoms with Crippen LogP contribution in [0.3, 0.4) is 0 Å². The Morgan fingerprint density at radius 3 is 2.57 bits per heavy atom. The van der Waals surface area contributed by atoms with Crippen LogP contribution in [0.2, 0.25) is 0 Å². The molecule has 0 spiro atoms. The molecule has 1 atom stereocenters. The standard InChI is InChI=1S/C40H46FN7O5.CH4/c1-44(2)13-7-6-12-42-40(51)29-24-48-31-22-33-27(26-8-4-5-9-32(26)52-33)21-34(31)53-39-36(48)28(38(29)50)20-30(41)37(39)47-15-10-25(23-47)43-35(49)11-14-46-18-16-45(3)17-19-46;/h4-5,8-9,20-22,24-25H,6-7,10-19,23H2,1-3H3,(H,42,51)(H,43,49);1H4/t25-;/m1./s1. The van der Waals surface area contributed by atoms with E-state index in [1.54, 1.807) is 4.57 Å². The average Bonchev–Trinajstić information content (AvgIpc) is 3.75. The molecule has 2 aromatic heterocycles. The largest absolute Gasteiger partial charge is 0.456 e. The van der Waals surface area contributed by atoms with Gasteiger partial charge in [0.15, 0.2) is 17.3 Å². The molecule has 0 radical (unpaired) electrons. The van der Waals surface area contributed by atoms with Crippen LogP contribution in [-0.4, -0.2) is 117 Å². The molecule has 5 heterocycles. The van der Waals surface area contributed by atoms with Gasteiger partial charge in [0.05, 0.1) is 11.1 Å². The lowest BCUT2D eigenvalue weighted by atomic mass is 10.0. The number of nitrogens with one attached hydrogen (secondary N) is 2. The number of para-hydroxylation sites is 1. The van der Waals surface area contributed by atoms with E-state index >= 15 is 4.39 Å². The summed E-state index contributed by atoms with van der Waals surface area (Å²) in [4.78, 5) is 49.1. The van der Waals surface area contributed by atoms with E-state index < -0.39 is 17.2 Å². The lowest BCUT2D eigenvalue weighted by Crippen LogP contribution is -2.46. The second-order valence-corrected chi connectivity index (χ2v) is 14.9. The highest BCUT2D eigenvalue weighted by molar-refractivity contribution is 6.07. The first-order valence-corrected chi connectivity index (χ1v) is 18.6. The first-order valence-electron chi connectivity index (χ1n) is 18.6. The third-order valence-corrected chi connectivity index (χ3v) is 10.8. The van der Waals surface area contributed by atoms with Crippen molar-refractivity contribution in [1.29, 1.82) is 0 Å². The first kappa shape index (κ1) is 37.3. The van der Waals surface area contributed by atoms with E-state index in [-0.39, 0.29) is 41.8 Å². The second kappa shape index (κ2) is 15.4. The number of anilines is 1. The maximum Gasteiger partial charge on any atom is 0.256 e. The number of likely N-dealkylation sites (N-methyl/N-ethyl adjacent to an activating group) is 1. The number of hydrogen-bond donors (Lipinski definition) is 2. The van der Waals surface area contributed by atoms with Gasteiger partial charge in [-0.15, -0.1) is 0 Å². The fourth-order valence-corrected chi connectivity index (χ4v) is 7.84. The molecule has 5 aromatic rings. The van der Waals surface area contributed by atoms with Crippen LogP contribution in [0.25, 0.3) is 38.5 Å². The molecule has 3 aliphatic heterocycles. The Bertz CT molecular complexity index is 2280. The minimum Gasteiger partial charge on any atom is -0.456 e. The van der Waals surface area contributed by atoms with Gasteiger partial charge in [0.1, 0.15) is 27.9 Å². The molecule has 0 saturated carbocycles. The number of aromatic nitrogens is 1. The molecule has 0 bridgehead atoms. The Morgan fingerprint density at radius 2 is 1.78 bits per heavy atom. The van der Waals surface area contributed by atoms with Gasteiger partial charge in [-0.2, -0.15) is 0 Å². The zero-order chi connectivity index (χ0) is 36.8. The summed E-state index contributed by atoms with van der Waals surface area (Å²) in [6.45, 7) is 6.76. The number of amides is 2. The van der Waals surface area contributed by atoms with Crippen LogP contribution < -0.4 is 25.7 Å². The van der Waals surface area contributed by atoms with E-state index in [9.17, 15) is 14.4 Å². The summed E-state index contributed by atoms with van der Waals surface area (Å²) in [5, 5.41) is 7.84. The van der Waals surface area contributed by atoms with E-state index in [1.165, 1.54) is 12.3 Å². The van der Waals surface area contributed by atoms with Crippen molar-refractivity contribution in [3.63, 3.8) is 0 Å². The minimum atomic E-state index is -0.627. The molecule has 3 aromatic carbocycles. The van der Waals surface area contributed by atoms with Crippen molar-refractivity contribution in [3.8, 4) is 17.2 Å². The fourth-order valence-electron chi connectivity index (χ4n) is 7.84. The van der Waals surface area contributed by atoms with Gasteiger partial charge in [-0.05, 0) is 65.1 Å². The van der Waals surface area contributed by atoms with Gasteiger partial charge in [0, 0.05) is 87.9 Å². The molecule has 8 rings (SSSR count). The fraction of sp³-hybridized carbons (Fsp3) is 0.439. The van der Waals surface area contributed by atoms with E-state index in [0.717, 1.165) is 56.3 Å². The zero-order valence-corrected chi connectivity index (χ0v) is 30.5. The molecule has 2 amide bonds. The smallest absolute Gasteiger partial charge is 0.256 e. The number of benzene rings is 3. The van der Waals surface area contributed by atoms with Gasteiger partial charge in [0.2, 0.25) is 11.3 Å². The van der Waals surface area contributed by atoms with Crippen molar-refractivity contribution in [1.82, 2.24) is 29.9 Å². The van der Waals surface area contributed by atoms with Crippen molar-refractivity contribution in [2.75, 3.05) is 84.9 Å². The normalized spacial score (nSPS) is 17.2. The highest BCUT2D eigenvalue weighted by Gasteiger charge is 2.34. The number of ether oxygens (including phenoxy) is 1. The van der Waals surface area contributed by atoms with Crippen LogP contribution in [0, 0.1) is 5.82 Å². The summed E-state index contributed by atoms with van der Waals surface area (Å²) in [5.74, 6) is -0.515. The summed E-state index contributed by atoms with van der Waals surface area (Å²) in [5.41, 5.74) is 1.83. The molecular formula is C41H50FN7O5. The second-order valence-electron chi connectivity index (χ2n) is 14.9. The average molecular weight is 740 g/mol. The van der Waals surface area contributed by atoms with Crippen molar-refractivity contribution in [2.24, 2.45) is 0 Å². The minimum absolute atomic E-state index is 0. The number of halogens is 1. The van der Waals surface area contributed by atoms with Gasteiger partial charge in [0.25, 0.3) is 5.91 Å².